The second kappa shape index (κ2) is 9.86. The minimum absolute atomic E-state index is 0.731. The van der Waals surface area contributed by atoms with Gasteiger partial charge in [-0.05, 0) is 43.7 Å². The van der Waals surface area contributed by atoms with E-state index in [4.69, 9.17) is 4.79 Å². The minimum Gasteiger partial charge on any atom is -0.391 e. The molecule has 0 aliphatic carbocycles. The number of carbonyl (C=O) groups is 1. The summed E-state index contributed by atoms with van der Waals surface area (Å²) in [7, 11) is 1.91. The Morgan fingerprint density at radius 3 is 2.70 bits per heavy atom. The monoisotopic (exact) mass is 364 g/mol. The Labute approximate surface area is 158 Å². The summed E-state index contributed by atoms with van der Waals surface area (Å²) in [5.74, 6) is 0.731. The van der Waals surface area contributed by atoms with Gasteiger partial charge in [0.15, 0.2) is 5.82 Å². The number of fused-ring (bicyclic) bond motifs is 1. The molecule has 27 heavy (non-hydrogen) atoms. The molecule has 3 aromatic rings. The zero-order valence-corrected chi connectivity index (χ0v) is 15.8. The lowest BCUT2D eigenvalue weighted by atomic mass is 10.1. The Bertz CT molecular complexity index is 950. The fourth-order valence-corrected chi connectivity index (χ4v) is 2.51. The molecule has 1 aromatic carbocycles. The van der Waals surface area contributed by atoms with Crippen LogP contribution >= 0.6 is 0 Å². The van der Waals surface area contributed by atoms with Crippen LogP contribution in [0.25, 0.3) is 27.9 Å². The lowest BCUT2D eigenvalue weighted by molar-refractivity contribution is -0.106. The van der Waals surface area contributed by atoms with E-state index in [1.807, 2.05) is 44.3 Å². The van der Waals surface area contributed by atoms with Crippen molar-refractivity contribution in [2.75, 3.05) is 7.05 Å². The molecule has 0 amide bonds. The van der Waals surface area contributed by atoms with Crippen LogP contribution in [0.2, 0.25) is 0 Å². The number of aldehydes is 1. The average Bonchev–Trinajstić information content (AvgIpc) is 3.34. The van der Waals surface area contributed by atoms with Crippen molar-refractivity contribution < 1.29 is 4.79 Å². The van der Waals surface area contributed by atoms with Crippen LogP contribution in [-0.2, 0) is 4.79 Å². The molecule has 0 aliphatic heterocycles. The molecule has 7 heteroatoms. The quantitative estimate of drug-likeness (QED) is 0.352. The number of hydrogen-bond acceptors (Lipinski definition) is 5. The van der Waals surface area contributed by atoms with Crippen molar-refractivity contribution >= 4 is 22.8 Å². The van der Waals surface area contributed by atoms with Crippen molar-refractivity contribution in [2.24, 2.45) is 0 Å². The molecule has 0 radical (unpaired) electrons. The number of H-pyrrole nitrogens is 2. The standard InChI is InChI=1S/C18H20N6.C2H4O/c1-4-5-6-14(19-3)9-12(2)17-15-10-13(18-20-11-21-24-18)7-8-16(15)22-23-17;1-2-3/h4-5,7-11,19H,2,6H2,1,3H3,(H,22,23)(H,20,21,24);2H,1H3/b5-4-,14-9+;. The molecule has 140 valence electrons. The van der Waals surface area contributed by atoms with Gasteiger partial charge in [-0.2, -0.15) is 10.2 Å². The number of benzene rings is 1. The van der Waals surface area contributed by atoms with Crippen molar-refractivity contribution in [1.82, 2.24) is 30.7 Å². The van der Waals surface area contributed by atoms with Gasteiger partial charge in [0.25, 0.3) is 0 Å². The molecule has 0 atom stereocenters. The topological polar surface area (TPSA) is 99.3 Å². The highest BCUT2D eigenvalue weighted by Gasteiger charge is 2.10. The van der Waals surface area contributed by atoms with E-state index < -0.39 is 0 Å². The molecule has 7 nitrogen and oxygen atoms in total. The smallest absolute Gasteiger partial charge is 0.155 e. The zero-order chi connectivity index (χ0) is 19.6. The number of rotatable bonds is 6. The first-order chi connectivity index (χ1) is 13.1. The van der Waals surface area contributed by atoms with Gasteiger partial charge in [-0.15, -0.1) is 0 Å². The van der Waals surface area contributed by atoms with E-state index in [1.54, 1.807) is 0 Å². The van der Waals surface area contributed by atoms with Gasteiger partial charge in [0, 0.05) is 30.1 Å². The van der Waals surface area contributed by atoms with Crippen molar-refractivity contribution in [2.45, 2.75) is 20.3 Å². The second-order valence-corrected chi connectivity index (χ2v) is 5.62. The van der Waals surface area contributed by atoms with Crippen LogP contribution < -0.4 is 5.32 Å². The molecule has 0 saturated heterocycles. The molecule has 0 fully saturated rings. The summed E-state index contributed by atoms with van der Waals surface area (Å²) in [6, 6.07) is 6.01. The van der Waals surface area contributed by atoms with Gasteiger partial charge in [-0.3, -0.25) is 10.2 Å². The summed E-state index contributed by atoms with van der Waals surface area (Å²) in [5, 5.41) is 18.5. The van der Waals surface area contributed by atoms with Crippen molar-refractivity contribution in [3.8, 4) is 11.4 Å². The molecule has 0 saturated carbocycles. The number of carbonyl (C=O) groups excluding carboxylic acids is 1. The van der Waals surface area contributed by atoms with E-state index in [2.05, 4.69) is 43.4 Å². The van der Waals surface area contributed by atoms with Gasteiger partial charge in [-0.1, -0.05) is 18.7 Å². The predicted molar refractivity (Wildman–Crippen MR) is 109 cm³/mol. The summed E-state index contributed by atoms with van der Waals surface area (Å²) in [6.45, 7) is 7.63. The normalized spacial score (nSPS) is 11.3. The molecular weight excluding hydrogens is 340 g/mol. The van der Waals surface area contributed by atoms with Gasteiger partial charge in [0.2, 0.25) is 0 Å². The number of hydrogen-bond donors (Lipinski definition) is 3. The van der Waals surface area contributed by atoms with Gasteiger partial charge >= 0.3 is 0 Å². The van der Waals surface area contributed by atoms with Gasteiger partial charge in [0.05, 0.1) is 11.2 Å². The van der Waals surface area contributed by atoms with Crippen LogP contribution in [-0.4, -0.2) is 38.7 Å². The first-order valence-corrected chi connectivity index (χ1v) is 8.57. The Balaban J connectivity index is 0.000000817. The molecule has 0 aliphatic rings. The van der Waals surface area contributed by atoms with Crippen LogP contribution in [0, 0.1) is 0 Å². The summed E-state index contributed by atoms with van der Waals surface area (Å²) in [6.07, 6.45) is 9.23. The highest BCUT2D eigenvalue weighted by atomic mass is 16.1. The van der Waals surface area contributed by atoms with Crippen molar-refractivity contribution in [3.63, 3.8) is 0 Å². The third kappa shape index (κ3) is 5.01. The van der Waals surface area contributed by atoms with E-state index in [0.29, 0.717) is 0 Å². The molecule has 3 N–H and O–H groups in total. The van der Waals surface area contributed by atoms with Crippen LogP contribution in [0.4, 0.5) is 0 Å². The van der Waals surface area contributed by atoms with Crippen molar-refractivity contribution in [3.05, 3.63) is 60.7 Å². The Morgan fingerprint density at radius 2 is 2.07 bits per heavy atom. The lowest BCUT2D eigenvalue weighted by Gasteiger charge is -2.05. The minimum atomic E-state index is 0.731. The molecule has 2 heterocycles. The summed E-state index contributed by atoms with van der Waals surface area (Å²) in [4.78, 5) is 13.0. The molecular formula is C20H24N6O. The average molecular weight is 364 g/mol. The van der Waals surface area contributed by atoms with Crippen LogP contribution in [0.15, 0.2) is 55.0 Å². The second-order valence-electron chi connectivity index (χ2n) is 5.62. The van der Waals surface area contributed by atoms with E-state index in [0.717, 1.165) is 52.0 Å². The third-order valence-corrected chi connectivity index (χ3v) is 3.80. The summed E-state index contributed by atoms with van der Waals surface area (Å²) < 4.78 is 0. The first kappa shape index (κ1) is 19.8. The van der Waals surface area contributed by atoms with Crippen LogP contribution in [0.1, 0.15) is 26.0 Å². The largest absolute Gasteiger partial charge is 0.391 e. The Hall–Kier alpha value is -3.48. The zero-order valence-electron chi connectivity index (χ0n) is 15.8. The Morgan fingerprint density at radius 1 is 1.30 bits per heavy atom. The number of nitrogens with one attached hydrogen (secondary N) is 3. The number of nitrogens with zero attached hydrogens (tertiary/aromatic N) is 3. The van der Waals surface area contributed by atoms with Gasteiger partial charge in [0.1, 0.15) is 12.6 Å². The predicted octanol–water partition coefficient (Wildman–Crippen LogP) is 3.64. The fraction of sp³-hybridized carbons (Fsp3) is 0.200. The molecule has 3 rings (SSSR count). The Kier molecular flexibility index (Phi) is 7.25. The van der Waals surface area contributed by atoms with E-state index in [9.17, 15) is 0 Å². The van der Waals surface area contributed by atoms with Gasteiger partial charge in [-0.25, -0.2) is 4.98 Å². The highest BCUT2D eigenvalue weighted by Crippen LogP contribution is 2.27. The molecule has 0 spiro atoms. The van der Waals surface area contributed by atoms with E-state index in [-0.39, 0.29) is 0 Å². The lowest BCUT2D eigenvalue weighted by Crippen LogP contribution is -2.05. The molecule has 2 aromatic heterocycles. The number of aromatic nitrogens is 5. The maximum absolute atomic E-state index is 8.81. The number of allylic oxidation sites excluding steroid dienone is 4. The first-order valence-electron chi connectivity index (χ1n) is 8.57. The number of aromatic amines is 2. The van der Waals surface area contributed by atoms with Gasteiger partial charge < -0.3 is 10.1 Å². The molecule has 0 bridgehead atoms. The summed E-state index contributed by atoms with van der Waals surface area (Å²) in [5.41, 5.74) is 4.69. The fourth-order valence-electron chi connectivity index (χ4n) is 2.51. The molecule has 0 unspecified atom stereocenters. The summed E-state index contributed by atoms with van der Waals surface area (Å²) >= 11 is 0. The van der Waals surface area contributed by atoms with Crippen LogP contribution in [0.5, 0.6) is 0 Å². The maximum atomic E-state index is 8.81. The highest BCUT2D eigenvalue weighted by molar-refractivity contribution is 5.94. The third-order valence-electron chi connectivity index (χ3n) is 3.80. The maximum Gasteiger partial charge on any atom is 0.155 e. The van der Waals surface area contributed by atoms with E-state index >= 15 is 0 Å². The van der Waals surface area contributed by atoms with Crippen molar-refractivity contribution in [1.29, 1.82) is 0 Å². The SMILES string of the molecule is C=C(/C=C(\C/C=C\C)NC)c1n[nH]c2ccc(-c3ncn[nH]3)cc12.CC=O. The van der Waals surface area contributed by atoms with Crippen LogP contribution in [0.3, 0.4) is 0 Å². The van der Waals surface area contributed by atoms with E-state index in [1.165, 1.54) is 13.3 Å².